The molecule has 212 valence electrons. The van der Waals surface area contributed by atoms with E-state index in [0.29, 0.717) is 25.1 Å². The van der Waals surface area contributed by atoms with E-state index < -0.39 is 28.7 Å². The lowest BCUT2D eigenvalue weighted by Crippen LogP contribution is -2.60. The molecule has 7 nitrogen and oxygen atoms in total. The molecule has 2 aliphatic rings. The van der Waals surface area contributed by atoms with E-state index in [0.717, 1.165) is 12.7 Å². The van der Waals surface area contributed by atoms with Gasteiger partial charge < -0.3 is 24.8 Å². The van der Waals surface area contributed by atoms with Crippen LogP contribution in [0.1, 0.15) is 50.2 Å². The minimum atomic E-state index is -4.99. The van der Waals surface area contributed by atoms with E-state index in [-0.39, 0.29) is 43.5 Å². The monoisotopic (exact) mass is 548 g/mol. The van der Waals surface area contributed by atoms with Crippen molar-refractivity contribution in [3.05, 3.63) is 65.7 Å². The molecule has 2 N–H and O–H groups in total. The highest BCUT2D eigenvalue weighted by Crippen LogP contribution is 2.52. The lowest BCUT2D eigenvalue weighted by molar-refractivity contribution is -0.271. The van der Waals surface area contributed by atoms with Crippen molar-refractivity contribution in [2.24, 2.45) is 5.41 Å². The minimum absolute atomic E-state index is 0.0450. The Kier molecular flexibility index (Phi) is 8.01. The number of amides is 2. The number of piperidine rings is 2. The van der Waals surface area contributed by atoms with Crippen molar-refractivity contribution in [1.29, 1.82) is 0 Å². The van der Waals surface area contributed by atoms with Gasteiger partial charge in [-0.3, -0.25) is 9.59 Å². The third kappa shape index (κ3) is 5.63. The topological polar surface area (TPSA) is 88.1 Å². The van der Waals surface area contributed by atoms with Gasteiger partial charge in [0.25, 0.3) is 11.5 Å². The molecule has 0 aromatic heterocycles. The molecule has 0 saturated carbocycles. The number of halogens is 3. The average Bonchev–Trinajstić information content (AvgIpc) is 2.88. The number of methoxy groups -OCH3 is 1. The van der Waals surface area contributed by atoms with Crippen molar-refractivity contribution in [3.63, 3.8) is 0 Å². The molecule has 2 saturated heterocycles. The van der Waals surface area contributed by atoms with Gasteiger partial charge in [0.2, 0.25) is 5.91 Å². The molecule has 10 heteroatoms. The Morgan fingerprint density at radius 1 is 1.08 bits per heavy atom. The third-order valence-electron chi connectivity index (χ3n) is 7.86. The largest absolute Gasteiger partial charge is 0.490 e. The van der Waals surface area contributed by atoms with Crippen molar-refractivity contribution in [3.8, 4) is 5.75 Å². The normalized spacial score (nSPS) is 21.3. The van der Waals surface area contributed by atoms with Gasteiger partial charge in [-0.15, -0.1) is 0 Å². The smallest absolute Gasteiger partial charge is 0.430 e. The zero-order valence-corrected chi connectivity index (χ0v) is 22.4. The molecular weight excluding hydrogens is 513 g/mol. The fraction of sp³-hybridized carbons (Fsp3) is 0.517. The number of benzene rings is 2. The van der Waals surface area contributed by atoms with E-state index in [1.165, 1.54) is 29.2 Å². The third-order valence-corrected chi connectivity index (χ3v) is 7.86. The molecule has 0 radical (unpaired) electrons. The lowest BCUT2D eigenvalue weighted by atomic mass is 9.62. The number of hydrogen-bond donors (Lipinski definition) is 2. The highest BCUT2D eigenvalue weighted by Gasteiger charge is 2.64. The van der Waals surface area contributed by atoms with Crippen LogP contribution in [0, 0.1) is 5.41 Å². The molecular formula is C29H35F3N2O5. The maximum atomic E-state index is 14.5. The lowest BCUT2D eigenvalue weighted by Gasteiger charge is -2.50. The zero-order chi connectivity index (χ0) is 28.5. The summed E-state index contributed by atoms with van der Waals surface area (Å²) in [4.78, 5) is 27.3. The van der Waals surface area contributed by atoms with Gasteiger partial charge in [0.15, 0.2) is 0 Å². The highest BCUT2D eigenvalue weighted by atomic mass is 19.4. The number of rotatable bonds is 7. The molecule has 2 aromatic carbocycles. The zero-order valence-electron chi connectivity index (χ0n) is 22.4. The van der Waals surface area contributed by atoms with E-state index in [2.05, 4.69) is 5.32 Å². The van der Waals surface area contributed by atoms with Gasteiger partial charge in [0.05, 0.1) is 5.60 Å². The quantitative estimate of drug-likeness (QED) is 0.543. The van der Waals surface area contributed by atoms with E-state index >= 15 is 0 Å². The SMILES string of the molecule is CO[C@@](C(=O)N1CCC2(CC1)CC(=O)NC[C@H]2c1ccccc1OCC(C)(C)O)(c1ccccc1)C(F)(F)F. The standard InChI is InChI=1S/C29H35F3N2O5/c1-26(2,37)19-39-23-12-8-7-11-21(23)22-18-33-24(35)17-27(22)13-15-34(16-14-27)25(36)28(38-3,29(30,31)32)20-9-5-4-6-10-20/h4-12,22,37H,13-19H2,1-3H3,(H,33,35)/t22-,28+/m0/s1. The Labute approximate surface area is 226 Å². The van der Waals surface area contributed by atoms with Crippen LogP contribution >= 0.6 is 0 Å². The first-order valence-corrected chi connectivity index (χ1v) is 13.0. The summed E-state index contributed by atoms with van der Waals surface area (Å²) in [5.41, 5.74) is -4.18. The second kappa shape index (κ2) is 10.8. The van der Waals surface area contributed by atoms with Crippen LogP contribution in [0.15, 0.2) is 54.6 Å². The molecule has 0 bridgehead atoms. The van der Waals surface area contributed by atoms with Gasteiger partial charge in [-0.2, -0.15) is 13.2 Å². The molecule has 2 amide bonds. The van der Waals surface area contributed by atoms with Gasteiger partial charge in [0, 0.05) is 44.6 Å². The summed E-state index contributed by atoms with van der Waals surface area (Å²) < 4.78 is 54.4. The summed E-state index contributed by atoms with van der Waals surface area (Å²) in [5, 5.41) is 13.1. The number of aliphatic hydroxyl groups is 1. The Morgan fingerprint density at radius 3 is 2.28 bits per heavy atom. The fourth-order valence-electron chi connectivity index (χ4n) is 5.84. The summed E-state index contributed by atoms with van der Waals surface area (Å²) in [6, 6.07) is 14.3. The van der Waals surface area contributed by atoms with Gasteiger partial charge in [0.1, 0.15) is 12.4 Å². The van der Waals surface area contributed by atoms with E-state index in [1.807, 2.05) is 18.2 Å². The molecule has 0 unspecified atom stereocenters. The van der Waals surface area contributed by atoms with Gasteiger partial charge >= 0.3 is 6.18 Å². The Balaban J connectivity index is 1.62. The molecule has 2 fully saturated rings. The van der Waals surface area contributed by atoms with Crippen LogP contribution in [0.4, 0.5) is 13.2 Å². The van der Waals surface area contributed by atoms with E-state index in [9.17, 15) is 27.9 Å². The van der Waals surface area contributed by atoms with Gasteiger partial charge in [-0.1, -0.05) is 48.5 Å². The molecule has 2 aromatic rings. The van der Waals surface area contributed by atoms with Crippen molar-refractivity contribution in [1.82, 2.24) is 10.2 Å². The first-order valence-electron chi connectivity index (χ1n) is 13.0. The van der Waals surface area contributed by atoms with Crippen LogP contribution < -0.4 is 10.1 Å². The number of hydrogen-bond acceptors (Lipinski definition) is 5. The van der Waals surface area contributed by atoms with Crippen molar-refractivity contribution < 1.29 is 37.3 Å². The van der Waals surface area contributed by atoms with Crippen LogP contribution in [0.3, 0.4) is 0 Å². The number of nitrogens with one attached hydrogen (secondary N) is 1. The number of alkyl halides is 3. The molecule has 4 rings (SSSR count). The minimum Gasteiger partial charge on any atom is -0.490 e. The van der Waals surface area contributed by atoms with Gasteiger partial charge in [-0.25, -0.2) is 0 Å². The molecule has 39 heavy (non-hydrogen) atoms. The van der Waals surface area contributed by atoms with Crippen LogP contribution in [0.5, 0.6) is 5.75 Å². The van der Waals surface area contributed by atoms with Gasteiger partial charge in [-0.05, 0) is 43.7 Å². The van der Waals surface area contributed by atoms with Crippen molar-refractivity contribution >= 4 is 11.8 Å². The molecule has 0 aliphatic carbocycles. The second-order valence-electron chi connectivity index (χ2n) is 11.1. The molecule has 2 aliphatic heterocycles. The summed E-state index contributed by atoms with van der Waals surface area (Å²) in [6.45, 7) is 3.77. The number of nitrogens with zero attached hydrogens (tertiary/aromatic N) is 1. The second-order valence-corrected chi connectivity index (χ2v) is 11.1. The Bertz CT molecular complexity index is 1170. The van der Waals surface area contributed by atoms with Crippen LogP contribution in [-0.2, 0) is 19.9 Å². The molecule has 2 atom stereocenters. The summed E-state index contributed by atoms with van der Waals surface area (Å²) in [5.74, 6) is -0.899. The maximum absolute atomic E-state index is 14.5. The summed E-state index contributed by atoms with van der Waals surface area (Å²) in [6.07, 6.45) is -4.13. The van der Waals surface area contributed by atoms with Crippen LogP contribution in [0.2, 0.25) is 0 Å². The van der Waals surface area contributed by atoms with E-state index in [1.54, 1.807) is 26.0 Å². The van der Waals surface area contributed by atoms with Crippen LogP contribution in [0.25, 0.3) is 0 Å². The summed E-state index contributed by atoms with van der Waals surface area (Å²) in [7, 11) is 0.899. The van der Waals surface area contributed by atoms with E-state index in [4.69, 9.17) is 9.47 Å². The first-order chi connectivity index (χ1) is 18.3. The number of likely N-dealkylation sites (tertiary alicyclic amines) is 1. The number of carbonyl (C=O) groups is 2. The molecule has 1 spiro atoms. The fourth-order valence-corrected chi connectivity index (χ4v) is 5.84. The van der Waals surface area contributed by atoms with Crippen molar-refractivity contribution in [2.75, 3.05) is 33.4 Å². The number of ether oxygens (including phenoxy) is 2. The average molecular weight is 549 g/mol. The van der Waals surface area contributed by atoms with Crippen LogP contribution in [-0.4, -0.2) is 66.9 Å². The Hall–Kier alpha value is -3.11. The predicted molar refractivity (Wildman–Crippen MR) is 138 cm³/mol. The predicted octanol–water partition coefficient (Wildman–Crippen LogP) is 4.15. The maximum Gasteiger partial charge on any atom is 0.430 e. The highest BCUT2D eigenvalue weighted by molar-refractivity contribution is 5.88. The molecule has 2 heterocycles. The number of carbonyl (C=O) groups excluding carboxylic acids is 2. The summed E-state index contributed by atoms with van der Waals surface area (Å²) >= 11 is 0. The first kappa shape index (κ1) is 28.9. The number of para-hydroxylation sites is 1. The Morgan fingerprint density at radius 2 is 1.69 bits per heavy atom. The van der Waals surface area contributed by atoms with Crippen molar-refractivity contribution in [2.45, 2.75) is 56.4 Å².